The molecule has 2 amide bonds. The molecule has 0 aromatic heterocycles. The first kappa shape index (κ1) is 23.4. The number of hydrogen-bond acceptors (Lipinski definition) is 5. The predicted molar refractivity (Wildman–Crippen MR) is 120 cm³/mol. The second-order valence-corrected chi connectivity index (χ2v) is 9.75. The van der Waals surface area contributed by atoms with E-state index < -0.39 is 5.60 Å². The number of carbonyl (C=O) groups excluding carboxylic acids is 2. The quantitative estimate of drug-likeness (QED) is 0.722. The number of likely N-dealkylation sites (tertiary alicyclic amines) is 1. The van der Waals surface area contributed by atoms with Crippen molar-refractivity contribution in [2.75, 3.05) is 39.3 Å². The van der Waals surface area contributed by atoms with E-state index in [1.165, 1.54) is 0 Å². The minimum Gasteiger partial charge on any atom is -0.445 e. The number of piperidine rings is 1. The van der Waals surface area contributed by atoms with Crippen LogP contribution in [0, 0.1) is 5.92 Å². The van der Waals surface area contributed by atoms with Crippen LogP contribution in [0.5, 0.6) is 0 Å². The Kier molecular flexibility index (Phi) is 7.81. The summed E-state index contributed by atoms with van der Waals surface area (Å²) in [6.07, 6.45) is 1.53. The van der Waals surface area contributed by atoms with E-state index in [1.807, 2.05) is 60.9 Å². The molecule has 2 aliphatic rings. The summed E-state index contributed by atoms with van der Waals surface area (Å²) in [6, 6.07) is 9.91. The molecule has 0 radical (unpaired) electrons. The molecule has 0 spiro atoms. The maximum absolute atomic E-state index is 12.4. The fourth-order valence-corrected chi connectivity index (χ4v) is 4.26. The van der Waals surface area contributed by atoms with Crippen molar-refractivity contribution in [1.29, 1.82) is 0 Å². The Hall–Kier alpha value is -2.28. The first-order valence-corrected chi connectivity index (χ1v) is 11.4. The van der Waals surface area contributed by atoms with E-state index >= 15 is 0 Å². The van der Waals surface area contributed by atoms with E-state index in [1.54, 1.807) is 0 Å². The Morgan fingerprint density at radius 2 is 1.68 bits per heavy atom. The van der Waals surface area contributed by atoms with Gasteiger partial charge in [-0.2, -0.15) is 0 Å². The summed E-state index contributed by atoms with van der Waals surface area (Å²) in [7, 11) is 0. The normalized spacial score (nSPS) is 21.1. The molecule has 1 aromatic carbocycles. The lowest BCUT2D eigenvalue weighted by molar-refractivity contribution is -0.00148. The predicted octanol–water partition coefficient (Wildman–Crippen LogP) is 3.98. The molecule has 7 heteroatoms. The second-order valence-electron chi connectivity index (χ2n) is 9.75. The fourth-order valence-electron chi connectivity index (χ4n) is 4.26. The molecule has 2 heterocycles. The highest BCUT2D eigenvalue weighted by Gasteiger charge is 2.32. The number of benzene rings is 1. The highest BCUT2D eigenvalue weighted by molar-refractivity contribution is 5.68. The van der Waals surface area contributed by atoms with Gasteiger partial charge < -0.3 is 19.3 Å². The molecule has 2 saturated heterocycles. The van der Waals surface area contributed by atoms with Crippen molar-refractivity contribution in [2.45, 2.75) is 58.8 Å². The van der Waals surface area contributed by atoms with E-state index in [9.17, 15) is 9.59 Å². The number of ether oxygens (including phenoxy) is 2. The first-order valence-electron chi connectivity index (χ1n) is 11.4. The topological polar surface area (TPSA) is 62.3 Å². The summed E-state index contributed by atoms with van der Waals surface area (Å²) in [6.45, 7) is 13.0. The van der Waals surface area contributed by atoms with Crippen molar-refractivity contribution in [1.82, 2.24) is 14.7 Å². The van der Waals surface area contributed by atoms with Crippen molar-refractivity contribution in [3.8, 4) is 0 Å². The van der Waals surface area contributed by atoms with Crippen LogP contribution >= 0.6 is 0 Å². The van der Waals surface area contributed by atoms with Crippen molar-refractivity contribution in [3.63, 3.8) is 0 Å². The maximum Gasteiger partial charge on any atom is 0.410 e. The number of carbonyl (C=O) groups is 2. The standard InChI is InChI=1S/C24H37N3O4/c1-19-16-25(14-15-27(19)23(29)31-24(2,3)4)17-20-10-12-26(13-11-20)22(28)30-18-21-8-6-5-7-9-21/h5-9,19-20H,10-18H2,1-4H3/t19-/m1/s1. The zero-order valence-corrected chi connectivity index (χ0v) is 19.4. The van der Waals surface area contributed by atoms with E-state index in [2.05, 4.69) is 11.8 Å². The zero-order chi connectivity index (χ0) is 22.4. The third kappa shape index (κ3) is 7.13. The third-order valence-corrected chi connectivity index (χ3v) is 5.93. The van der Waals surface area contributed by atoms with Gasteiger partial charge in [0.15, 0.2) is 0 Å². The molecule has 0 unspecified atom stereocenters. The Balaban J connectivity index is 1.37. The van der Waals surface area contributed by atoms with Crippen LogP contribution in [-0.4, -0.2) is 77.8 Å². The molecule has 1 atom stereocenters. The van der Waals surface area contributed by atoms with Gasteiger partial charge in [-0.3, -0.25) is 4.90 Å². The number of piperazine rings is 1. The minimum absolute atomic E-state index is 0.136. The molecule has 2 fully saturated rings. The Labute approximate surface area is 186 Å². The van der Waals surface area contributed by atoms with Gasteiger partial charge in [0.25, 0.3) is 0 Å². The first-order chi connectivity index (χ1) is 14.7. The number of hydrogen-bond donors (Lipinski definition) is 0. The molecule has 3 rings (SSSR count). The smallest absolute Gasteiger partial charge is 0.410 e. The second kappa shape index (κ2) is 10.4. The summed E-state index contributed by atoms with van der Waals surface area (Å²) in [5, 5.41) is 0. The van der Waals surface area contributed by atoms with Crippen LogP contribution in [-0.2, 0) is 16.1 Å². The van der Waals surface area contributed by atoms with E-state index in [-0.39, 0.29) is 18.2 Å². The highest BCUT2D eigenvalue weighted by atomic mass is 16.6. The number of amides is 2. The molecule has 172 valence electrons. The maximum atomic E-state index is 12.4. The van der Waals surface area contributed by atoms with Gasteiger partial charge in [0, 0.05) is 45.3 Å². The van der Waals surface area contributed by atoms with Crippen LogP contribution < -0.4 is 0 Å². The van der Waals surface area contributed by atoms with E-state index in [0.717, 1.165) is 51.1 Å². The van der Waals surface area contributed by atoms with Crippen molar-refractivity contribution < 1.29 is 19.1 Å². The fraction of sp³-hybridized carbons (Fsp3) is 0.667. The van der Waals surface area contributed by atoms with Gasteiger partial charge >= 0.3 is 12.2 Å². The lowest BCUT2D eigenvalue weighted by Gasteiger charge is -2.42. The number of rotatable bonds is 4. The van der Waals surface area contributed by atoms with Crippen LogP contribution in [0.15, 0.2) is 30.3 Å². The molecule has 0 saturated carbocycles. The van der Waals surface area contributed by atoms with Gasteiger partial charge in [-0.05, 0) is 52.0 Å². The molecule has 0 aliphatic carbocycles. The van der Waals surface area contributed by atoms with Gasteiger partial charge in [0.2, 0.25) is 0 Å². The molecule has 1 aromatic rings. The highest BCUT2D eigenvalue weighted by Crippen LogP contribution is 2.22. The van der Waals surface area contributed by atoms with Crippen molar-refractivity contribution >= 4 is 12.2 Å². The van der Waals surface area contributed by atoms with Gasteiger partial charge in [0.05, 0.1) is 0 Å². The lowest BCUT2D eigenvalue weighted by atomic mass is 9.96. The van der Waals surface area contributed by atoms with Crippen LogP contribution in [0.25, 0.3) is 0 Å². The van der Waals surface area contributed by atoms with Crippen LogP contribution in [0.3, 0.4) is 0 Å². The Morgan fingerprint density at radius 1 is 1.00 bits per heavy atom. The summed E-state index contributed by atoms with van der Waals surface area (Å²) in [5.74, 6) is 0.568. The van der Waals surface area contributed by atoms with Crippen LogP contribution in [0.4, 0.5) is 9.59 Å². The Bertz CT molecular complexity index is 726. The van der Waals surface area contributed by atoms with Crippen molar-refractivity contribution in [2.24, 2.45) is 5.92 Å². The summed E-state index contributed by atoms with van der Waals surface area (Å²) >= 11 is 0. The molecule has 0 bridgehead atoms. The van der Waals surface area contributed by atoms with Gasteiger partial charge in [0.1, 0.15) is 12.2 Å². The molecule has 0 N–H and O–H groups in total. The average Bonchev–Trinajstić information content (AvgIpc) is 2.72. The molecule has 2 aliphatic heterocycles. The monoisotopic (exact) mass is 431 g/mol. The zero-order valence-electron chi connectivity index (χ0n) is 19.4. The third-order valence-electron chi connectivity index (χ3n) is 5.93. The Morgan fingerprint density at radius 3 is 2.29 bits per heavy atom. The number of nitrogens with zero attached hydrogens (tertiary/aromatic N) is 3. The largest absolute Gasteiger partial charge is 0.445 e. The van der Waals surface area contributed by atoms with Crippen LogP contribution in [0.2, 0.25) is 0 Å². The molecular formula is C24H37N3O4. The van der Waals surface area contributed by atoms with Gasteiger partial charge in [-0.15, -0.1) is 0 Å². The van der Waals surface area contributed by atoms with E-state index in [4.69, 9.17) is 9.47 Å². The summed E-state index contributed by atoms with van der Waals surface area (Å²) in [4.78, 5) is 30.9. The molecule has 31 heavy (non-hydrogen) atoms. The van der Waals surface area contributed by atoms with E-state index in [0.29, 0.717) is 19.1 Å². The lowest BCUT2D eigenvalue weighted by Crippen LogP contribution is -2.56. The average molecular weight is 432 g/mol. The van der Waals surface area contributed by atoms with Crippen molar-refractivity contribution in [3.05, 3.63) is 35.9 Å². The minimum atomic E-state index is -0.468. The SMILES string of the molecule is C[C@@H]1CN(CC2CCN(C(=O)OCc3ccccc3)CC2)CCN1C(=O)OC(C)(C)C. The summed E-state index contributed by atoms with van der Waals surface area (Å²) < 4.78 is 11.0. The van der Waals surface area contributed by atoms with Gasteiger partial charge in [-0.1, -0.05) is 30.3 Å². The summed E-state index contributed by atoms with van der Waals surface area (Å²) in [5.41, 5.74) is 0.537. The molecule has 7 nitrogen and oxygen atoms in total. The molecular weight excluding hydrogens is 394 g/mol. The van der Waals surface area contributed by atoms with Gasteiger partial charge in [-0.25, -0.2) is 9.59 Å². The van der Waals surface area contributed by atoms with Crippen LogP contribution in [0.1, 0.15) is 46.1 Å².